The first-order valence-electron chi connectivity index (χ1n) is 9.29. The SMILES string of the molecule is CCNC(=NCC(=O)NCc1ccccc1)NCCCN1CCCC1=O. The van der Waals surface area contributed by atoms with E-state index in [0.717, 1.165) is 38.0 Å². The van der Waals surface area contributed by atoms with Crippen LogP contribution in [0, 0.1) is 0 Å². The molecule has 0 atom stereocenters. The number of carbonyl (C=O) groups is 2. The lowest BCUT2D eigenvalue weighted by atomic mass is 10.2. The fourth-order valence-corrected chi connectivity index (χ4v) is 2.76. The highest BCUT2D eigenvalue weighted by atomic mass is 16.2. The largest absolute Gasteiger partial charge is 0.357 e. The summed E-state index contributed by atoms with van der Waals surface area (Å²) in [7, 11) is 0. The Morgan fingerprint density at radius 2 is 2.00 bits per heavy atom. The maximum absolute atomic E-state index is 11.9. The summed E-state index contributed by atoms with van der Waals surface area (Å²) < 4.78 is 0. The number of amides is 2. The molecule has 1 aromatic rings. The fourth-order valence-electron chi connectivity index (χ4n) is 2.76. The summed E-state index contributed by atoms with van der Waals surface area (Å²) in [4.78, 5) is 29.7. The number of nitrogens with zero attached hydrogens (tertiary/aromatic N) is 2. The number of aliphatic imine (C=N–C) groups is 1. The van der Waals surface area contributed by atoms with E-state index >= 15 is 0 Å². The first-order chi connectivity index (χ1) is 12.7. The second-order valence-electron chi connectivity index (χ2n) is 6.22. The van der Waals surface area contributed by atoms with E-state index in [9.17, 15) is 9.59 Å². The van der Waals surface area contributed by atoms with Crippen LogP contribution in [0.3, 0.4) is 0 Å². The summed E-state index contributed by atoms with van der Waals surface area (Å²) in [6, 6.07) is 9.79. The molecule has 26 heavy (non-hydrogen) atoms. The van der Waals surface area contributed by atoms with Gasteiger partial charge in [-0.2, -0.15) is 0 Å². The fraction of sp³-hybridized carbons (Fsp3) is 0.526. The molecule has 1 saturated heterocycles. The highest BCUT2D eigenvalue weighted by molar-refractivity contribution is 5.84. The summed E-state index contributed by atoms with van der Waals surface area (Å²) in [6.45, 7) is 5.63. The van der Waals surface area contributed by atoms with Crippen molar-refractivity contribution in [3.05, 3.63) is 35.9 Å². The maximum atomic E-state index is 11.9. The van der Waals surface area contributed by atoms with Gasteiger partial charge in [0.05, 0.1) is 0 Å². The van der Waals surface area contributed by atoms with Gasteiger partial charge in [-0.25, -0.2) is 4.99 Å². The molecular formula is C19H29N5O2. The third kappa shape index (κ3) is 7.13. The molecular weight excluding hydrogens is 330 g/mol. The second-order valence-corrected chi connectivity index (χ2v) is 6.22. The van der Waals surface area contributed by atoms with E-state index in [1.165, 1.54) is 0 Å². The van der Waals surface area contributed by atoms with Crippen LogP contribution in [0.15, 0.2) is 35.3 Å². The molecule has 1 aliphatic rings. The topological polar surface area (TPSA) is 85.8 Å². The maximum Gasteiger partial charge on any atom is 0.242 e. The van der Waals surface area contributed by atoms with Crippen molar-refractivity contribution in [3.8, 4) is 0 Å². The van der Waals surface area contributed by atoms with Gasteiger partial charge in [-0.15, -0.1) is 0 Å². The molecule has 0 aliphatic carbocycles. The van der Waals surface area contributed by atoms with Crippen LogP contribution < -0.4 is 16.0 Å². The minimum Gasteiger partial charge on any atom is -0.357 e. The van der Waals surface area contributed by atoms with Gasteiger partial charge in [-0.3, -0.25) is 9.59 Å². The van der Waals surface area contributed by atoms with Gasteiger partial charge >= 0.3 is 0 Å². The lowest BCUT2D eigenvalue weighted by Crippen LogP contribution is -2.39. The number of nitrogens with one attached hydrogen (secondary N) is 3. The molecule has 0 unspecified atom stereocenters. The summed E-state index contributed by atoms with van der Waals surface area (Å²) in [5, 5.41) is 9.20. The monoisotopic (exact) mass is 359 g/mol. The number of guanidine groups is 1. The second kappa shape index (κ2) is 11.1. The number of hydrogen-bond acceptors (Lipinski definition) is 3. The molecule has 1 heterocycles. The predicted molar refractivity (Wildman–Crippen MR) is 103 cm³/mol. The average Bonchev–Trinajstić information content (AvgIpc) is 3.07. The number of rotatable bonds is 9. The normalized spacial score (nSPS) is 14.4. The van der Waals surface area contributed by atoms with Gasteiger partial charge in [0.2, 0.25) is 11.8 Å². The van der Waals surface area contributed by atoms with Crippen molar-refractivity contribution in [2.75, 3.05) is 32.7 Å². The number of likely N-dealkylation sites (tertiary alicyclic amines) is 1. The highest BCUT2D eigenvalue weighted by Gasteiger charge is 2.18. The zero-order valence-electron chi connectivity index (χ0n) is 15.5. The Balaban J connectivity index is 1.67. The van der Waals surface area contributed by atoms with Gasteiger partial charge in [-0.05, 0) is 25.3 Å². The van der Waals surface area contributed by atoms with E-state index in [2.05, 4.69) is 20.9 Å². The summed E-state index contributed by atoms with van der Waals surface area (Å²) in [5.41, 5.74) is 1.06. The Labute approximate surface area is 155 Å². The van der Waals surface area contributed by atoms with Crippen LogP contribution in [-0.2, 0) is 16.1 Å². The molecule has 1 aromatic carbocycles. The Kier molecular flexibility index (Phi) is 8.45. The lowest BCUT2D eigenvalue weighted by Gasteiger charge is -2.16. The van der Waals surface area contributed by atoms with E-state index in [4.69, 9.17) is 0 Å². The minimum absolute atomic E-state index is 0.0762. The zero-order chi connectivity index (χ0) is 18.6. The van der Waals surface area contributed by atoms with Gasteiger partial charge < -0.3 is 20.9 Å². The van der Waals surface area contributed by atoms with Gasteiger partial charge in [0.15, 0.2) is 5.96 Å². The molecule has 3 N–H and O–H groups in total. The molecule has 1 aliphatic heterocycles. The highest BCUT2D eigenvalue weighted by Crippen LogP contribution is 2.09. The molecule has 7 nitrogen and oxygen atoms in total. The summed E-state index contributed by atoms with van der Waals surface area (Å²) in [5.74, 6) is 0.754. The quantitative estimate of drug-likeness (QED) is 0.347. The van der Waals surface area contributed by atoms with Gasteiger partial charge in [0, 0.05) is 39.1 Å². The molecule has 1 fully saturated rings. The zero-order valence-corrected chi connectivity index (χ0v) is 15.5. The van der Waals surface area contributed by atoms with Gasteiger partial charge in [0.25, 0.3) is 0 Å². The standard InChI is InChI=1S/C19H29N5O2/c1-2-20-19(21-11-7-13-24-12-6-10-18(24)26)23-15-17(25)22-14-16-8-4-3-5-9-16/h3-5,8-9H,2,6-7,10-15H2,1H3,(H,22,25)(H2,20,21,23). The van der Waals surface area contributed by atoms with Crippen LogP contribution in [0.2, 0.25) is 0 Å². The van der Waals surface area contributed by atoms with Crippen LogP contribution in [0.1, 0.15) is 31.7 Å². The first-order valence-corrected chi connectivity index (χ1v) is 9.29. The third-order valence-electron chi connectivity index (χ3n) is 4.13. The number of carbonyl (C=O) groups excluding carboxylic acids is 2. The first kappa shape index (κ1) is 19.8. The molecule has 142 valence electrons. The molecule has 2 amide bonds. The molecule has 0 saturated carbocycles. The predicted octanol–water partition coefficient (Wildman–Crippen LogP) is 0.870. The molecule has 0 aromatic heterocycles. The van der Waals surface area contributed by atoms with Crippen molar-refractivity contribution < 1.29 is 9.59 Å². The van der Waals surface area contributed by atoms with E-state index < -0.39 is 0 Å². The summed E-state index contributed by atoms with van der Waals surface area (Å²) >= 11 is 0. The van der Waals surface area contributed by atoms with Crippen molar-refractivity contribution in [1.82, 2.24) is 20.9 Å². The van der Waals surface area contributed by atoms with Crippen molar-refractivity contribution in [2.24, 2.45) is 4.99 Å². The molecule has 0 spiro atoms. The van der Waals surface area contributed by atoms with E-state index in [1.807, 2.05) is 42.2 Å². The van der Waals surface area contributed by atoms with Crippen LogP contribution in [0.5, 0.6) is 0 Å². The van der Waals surface area contributed by atoms with Crippen LogP contribution in [0.4, 0.5) is 0 Å². The van der Waals surface area contributed by atoms with Crippen molar-refractivity contribution in [2.45, 2.75) is 32.7 Å². The molecule has 2 rings (SSSR count). The average molecular weight is 359 g/mol. The van der Waals surface area contributed by atoms with Crippen LogP contribution >= 0.6 is 0 Å². The summed E-state index contributed by atoms with van der Waals surface area (Å²) in [6.07, 6.45) is 2.50. The van der Waals surface area contributed by atoms with Gasteiger partial charge in [-0.1, -0.05) is 30.3 Å². The van der Waals surface area contributed by atoms with Crippen LogP contribution in [0.25, 0.3) is 0 Å². The van der Waals surface area contributed by atoms with E-state index in [-0.39, 0.29) is 18.4 Å². The number of benzene rings is 1. The molecule has 7 heteroatoms. The van der Waals surface area contributed by atoms with Crippen molar-refractivity contribution in [3.63, 3.8) is 0 Å². The Hall–Kier alpha value is -2.57. The Morgan fingerprint density at radius 3 is 2.69 bits per heavy atom. The number of hydrogen-bond donors (Lipinski definition) is 3. The lowest BCUT2D eigenvalue weighted by molar-refractivity contribution is -0.127. The molecule has 0 radical (unpaired) electrons. The molecule has 0 bridgehead atoms. The van der Waals surface area contributed by atoms with E-state index in [0.29, 0.717) is 25.5 Å². The third-order valence-corrected chi connectivity index (χ3v) is 4.13. The van der Waals surface area contributed by atoms with E-state index in [1.54, 1.807) is 0 Å². The van der Waals surface area contributed by atoms with Crippen molar-refractivity contribution >= 4 is 17.8 Å². The smallest absolute Gasteiger partial charge is 0.242 e. The minimum atomic E-state index is -0.117. The Bertz CT molecular complexity index is 603. The Morgan fingerprint density at radius 1 is 1.19 bits per heavy atom. The van der Waals surface area contributed by atoms with Gasteiger partial charge in [0.1, 0.15) is 6.54 Å². The van der Waals surface area contributed by atoms with Crippen molar-refractivity contribution in [1.29, 1.82) is 0 Å². The van der Waals surface area contributed by atoms with Crippen LogP contribution in [-0.4, -0.2) is 55.4 Å².